The summed E-state index contributed by atoms with van der Waals surface area (Å²) in [4.78, 5) is 34.6. The lowest BCUT2D eigenvalue weighted by Crippen LogP contribution is -2.54. The van der Waals surface area contributed by atoms with Crippen LogP contribution in [0, 0.1) is 11.8 Å². The molecule has 1 saturated heterocycles. The number of aliphatic hydroxyl groups is 1. The molecule has 1 aliphatic heterocycles. The molecule has 0 saturated carbocycles. The molecule has 0 bridgehead atoms. The number of fused-ring (bicyclic) bond motifs is 1. The maximum absolute atomic E-state index is 12.2. The van der Waals surface area contributed by atoms with E-state index in [1.165, 1.54) is 6.92 Å². The number of hydrogen-bond acceptors (Lipinski definition) is 7. The van der Waals surface area contributed by atoms with Crippen LogP contribution in [0.15, 0.2) is 23.3 Å². The third-order valence-electron chi connectivity index (χ3n) is 3.98. The molecule has 0 amide bonds. The predicted molar refractivity (Wildman–Crippen MR) is 82.6 cm³/mol. The number of esters is 2. The summed E-state index contributed by atoms with van der Waals surface area (Å²) in [5, 5.41) is 10.1. The van der Waals surface area contributed by atoms with Gasteiger partial charge in [0.15, 0.2) is 11.9 Å². The van der Waals surface area contributed by atoms with Gasteiger partial charge in [0.1, 0.15) is 12.9 Å². The van der Waals surface area contributed by atoms with Gasteiger partial charge in [-0.3, -0.25) is 14.4 Å². The molecule has 0 spiro atoms. The average molecular weight is 338 g/mol. The number of carbonyl (C=O) groups is 3. The van der Waals surface area contributed by atoms with E-state index in [0.29, 0.717) is 17.4 Å². The fourth-order valence-corrected chi connectivity index (χ4v) is 2.89. The van der Waals surface area contributed by atoms with Crippen molar-refractivity contribution in [1.29, 1.82) is 0 Å². The normalized spacial score (nSPS) is 28.7. The van der Waals surface area contributed by atoms with Crippen LogP contribution in [-0.2, 0) is 28.6 Å². The Morgan fingerprint density at radius 3 is 2.75 bits per heavy atom. The topological polar surface area (TPSA) is 99.1 Å². The van der Waals surface area contributed by atoms with E-state index in [9.17, 15) is 19.5 Å². The molecule has 2 aliphatic rings. The van der Waals surface area contributed by atoms with Crippen LogP contribution in [0.5, 0.6) is 0 Å². The molecule has 1 heterocycles. The van der Waals surface area contributed by atoms with Gasteiger partial charge in [0.25, 0.3) is 0 Å². The summed E-state index contributed by atoms with van der Waals surface area (Å²) in [6.45, 7) is 4.61. The highest BCUT2D eigenvalue weighted by Crippen LogP contribution is 2.43. The largest absolute Gasteiger partial charge is 0.461 e. The van der Waals surface area contributed by atoms with E-state index < -0.39 is 29.7 Å². The van der Waals surface area contributed by atoms with Crippen LogP contribution in [0.4, 0.5) is 0 Å². The molecule has 132 valence electrons. The van der Waals surface area contributed by atoms with Gasteiger partial charge in [-0.2, -0.15) is 0 Å². The number of aldehydes is 1. The Morgan fingerprint density at radius 2 is 2.17 bits per heavy atom. The summed E-state index contributed by atoms with van der Waals surface area (Å²) in [5.41, 5.74) is -0.519. The van der Waals surface area contributed by atoms with Crippen LogP contribution in [0.1, 0.15) is 27.2 Å². The third kappa shape index (κ3) is 3.73. The highest BCUT2D eigenvalue weighted by atomic mass is 16.6. The van der Waals surface area contributed by atoms with E-state index in [1.54, 1.807) is 12.2 Å². The van der Waals surface area contributed by atoms with E-state index >= 15 is 0 Å². The third-order valence-corrected chi connectivity index (χ3v) is 3.98. The Bertz CT molecular complexity index is 590. The standard InChI is InChI=1S/C17H22O7/c1-10(2)6-14(20)24-17(8-22-11(3)19)9-23-16(21)15-12(7-18)4-5-13(15)17/h4-5,7,10,15-16,21H,6,8-9H2,1-3H3/t15-,16-,17-/m0/s1. The van der Waals surface area contributed by atoms with Gasteiger partial charge in [-0.15, -0.1) is 0 Å². The molecule has 0 aromatic heterocycles. The Hall–Kier alpha value is -1.99. The summed E-state index contributed by atoms with van der Waals surface area (Å²) in [6.07, 6.45) is 2.76. The van der Waals surface area contributed by atoms with Crippen molar-refractivity contribution < 1.29 is 33.7 Å². The number of carbonyl (C=O) groups excluding carboxylic acids is 3. The van der Waals surface area contributed by atoms with Gasteiger partial charge in [-0.1, -0.05) is 26.0 Å². The van der Waals surface area contributed by atoms with Gasteiger partial charge in [0, 0.05) is 18.9 Å². The van der Waals surface area contributed by atoms with Gasteiger partial charge in [-0.05, 0) is 11.5 Å². The molecule has 7 nitrogen and oxygen atoms in total. The molecule has 1 fully saturated rings. The molecule has 1 N–H and O–H groups in total. The summed E-state index contributed by atoms with van der Waals surface area (Å²) < 4.78 is 16.0. The lowest BCUT2D eigenvalue weighted by molar-refractivity contribution is -0.214. The van der Waals surface area contributed by atoms with Crippen LogP contribution < -0.4 is 0 Å². The maximum Gasteiger partial charge on any atom is 0.307 e. The minimum Gasteiger partial charge on any atom is -0.461 e. The second kappa shape index (κ2) is 7.27. The highest BCUT2D eigenvalue weighted by molar-refractivity contribution is 5.79. The summed E-state index contributed by atoms with van der Waals surface area (Å²) in [7, 11) is 0. The fourth-order valence-electron chi connectivity index (χ4n) is 2.89. The Labute approximate surface area is 140 Å². The molecule has 24 heavy (non-hydrogen) atoms. The van der Waals surface area contributed by atoms with Crippen molar-refractivity contribution in [3.63, 3.8) is 0 Å². The van der Waals surface area contributed by atoms with E-state index in [2.05, 4.69) is 0 Å². The minimum atomic E-state index is -1.34. The van der Waals surface area contributed by atoms with Crippen molar-refractivity contribution in [3.8, 4) is 0 Å². The SMILES string of the molecule is CC(=O)OC[C@]1(OC(=O)CC(C)C)CO[C@H](O)[C@H]2C(C=O)=CC=C21. The van der Waals surface area contributed by atoms with Crippen LogP contribution in [0.25, 0.3) is 0 Å². The van der Waals surface area contributed by atoms with Crippen LogP contribution in [0.3, 0.4) is 0 Å². The highest BCUT2D eigenvalue weighted by Gasteiger charge is 2.52. The Morgan fingerprint density at radius 1 is 1.46 bits per heavy atom. The second-order valence-electron chi connectivity index (χ2n) is 6.43. The maximum atomic E-state index is 12.2. The fraction of sp³-hybridized carbons (Fsp3) is 0.588. The zero-order valence-corrected chi connectivity index (χ0v) is 14.0. The smallest absolute Gasteiger partial charge is 0.307 e. The zero-order chi connectivity index (χ0) is 17.9. The van der Waals surface area contributed by atoms with Gasteiger partial charge in [0.2, 0.25) is 0 Å². The number of rotatable bonds is 6. The molecule has 0 radical (unpaired) electrons. The molecule has 0 aromatic carbocycles. The number of hydrogen-bond donors (Lipinski definition) is 1. The van der Waals surface area contributed by atoms with E-state index in [1.807, 2.05) is 13.8 Å². The number of aliphatic hydroxyl groups excluding tert-OH is 1. The first-order valence-corrected chi connectivity index (χ1v) is 7.81. The first-order chi connectivity index (χ1) is 11.3. The van der Waals surface area contributed by atoms with Gasteiger partial charge >= 0.3 is 11.9 Å². The number of allylic oxidation sites excluding steroid dienone is 2. The monoisotopic (exact) mass is 338 g/mol. The minimum absolute atomic E-state index is 0.0930. The van der Waals surface area contributed by atoms with Crippen molar-refractivity contribution >= 4 is 18.2 Å². The molecule has 0 aromatic rings. The van der Waals surface area contributed by atoms with Crippen LogP contribution in [-0.4, -0.2) is 48.4 Å². The quantitative estimate of drug-likeness (QED) is 0.567. The lowest BCUT2D eigenvalue weighted by Gasteiger charge is -2.42. The lowest BCUT2D eigenvalue weighted by atomic mass is 9.81. The summed E-state index contributed by atoms with van der Waals surface area (Å²) in [6, 6.07) is 0. The van der Waals surface area contributed by atoms with Crippen molar-refractivity contribution in [3.05, 3.63) is 23.3 Å². The molecular formula is C17H22O7. The molecule has 0 unspecified atom stereocenters. The van der Waals surface area contributed by atoms with E-state index in [-0.39, 0.29) is 25.6 Å². The Balaban J connectivity index is 2.30. The summed E-state index contributed by atoms with van der Waals surface area (Å²) in [5.74, 6) is -1.63. The van der Waals surface area contributed by atoms with E-state index in [4.69, 9.17) is 14.2 Å². The summed E-state index contributed by atoms with van der Waals surface area (Å²) >= 11 is 0. The van der Waals surface area contributed by atoms with Crippen molar-refractivity contribution in [2.75, 3.05) is 13.2 Å². The molecule has 3 atom stereocenters. The van der Waals surface area contributed by atoms with Crippen LogP contribution in [0.2, 0.25) is 0 Å². The van der Waals surface area contributed by atoms with Crippen molar-refractivity contribution in [2.24, 2.45) is 11.8 Å². The molecular weight excluding hydrogens is 316 g/mol. The van der Waals surface area contributed by atoms with Gasteiger partial charge in [0.05, 0.1) is 12.5 Å². The first-order valence-electron chi connectivity index (χ1n) is 7.81. The van der Waals surface area contributed by atoms with Crippen LogP contribution >= 0.6 is 0 Å². The Kier molecular flexibility index (Phi) is 5.56. The first kappa shape index (κ1) is 18.4. The zero-order valence-electron chi connectivity index (χ0n) is 14.0. The van der Waals surface area contributed by atoms with E-state index in [0.717, 1.165) is 0 Å². The predicted octanol–water partition coefficient (Wildman–Crippen LogP) is 0.908. The van der Waals surface area contributed by atoms with Crippen molar-refractivity contribution in [2.45, 2.75) is 39.1 Å². The molecule has 1 aliphatic carbocycles. The molecule has 2 rings (SSSR count). The van der Waals surface area contributed by atoms with Gasteiger partial charge in [-0.25, -0.2) is 0 Å². The number of ether oxygens (including phenoxy) is 3. The van der Waals surface area contributed by atoms with Crippen molar-refractivity contribution in [1.82, 2.24) is 0 Å². The molecule has 7 heteroatoms. The average Bonchev–Trinajstić information content (AvgIpc) is 2.93. The van der Waals surface area contributed by atoms with Gasteiger partial charge < -0.3 is 19.3 Å². The second-order valence-corrected chi connectivity index (χ2v) is 6.43.